The summed E-state index contributed by atoms with van der Waals surface area (Å²) in [7, 11) is 0. The van der Waals surface area contributed by atoms with Gasteiger partial charge in [-0.25, -0.2) is 0 Å². The first-order chi connectivity index (χ1) is 11.0. The predicted molar refractivity (Wildman–Crippen MR) is 81.7 cm³/mol. The molecule has 2 heterocycles. The molecule has 0 bridgehead atoms. The maximum Gasteiger partial charge on any atom is 0.224 e. The molecule has 7 heteroatoms. The van der Waals surface area contributed by atoms with Crippen LogP contribution < -0.4 is 10.1 Å². The quantitative estimate of drug-likeness (QED) is 0.891. The smallest absolute Gasteiger partial charge is 0.224 e. The number of tetrazole rings is 1. The van der Waals surface area contributed by atoms with Crippen molar-refractivity contribution in [3.05, 3.63) is 35.7 Å². The number of hydrogen-bond acceptors (Lipinski definition) is 5. The second-order valence-corrected chi connectivity index (χ2v) is 6.86. The molecular weight excluding hydrogens is 294 g/mol. The third-order valence-electron chi connectivity index (χ3n) is 4.96. The van der Waals surface area contributed by atoms with Crippen molar-refractivity contribution in [1.82, 2.24) is 25.9 Å². The molecule has 2 aliphatic rings. The van der Waals surface area contributed by atoms with E-state index in [4.69, 9.17) is 4.74 Å². The van der Waals surface area contributed by atoms with Crippen molar-refractivity contribution >= 4 is 5.91 Å². The minimum Gasteiger partial charge on any atom is -0.493 e. The van der Waals surface area contributed by atoms with Crippen LogP contribution in [0.25, 0.3) is 0 Å². The van der Waals surface area contributed by atoms with Gasteiger partial charge in [-0.1, -0.05) is 23.4 Å². The van der Waals surface area contributed by atoms with E-state index in [-0.39, 0.29) is 17.2 Å². The predicted octanol–water partition coefficient (Wildman–Crippen LogP) is 1.29. The molecule has 1 aromatic heterocycles. The molecule has 1 spiro atoms. The monoisotopic (exact) mass is 313 g/mol. The molecule has 1 saturated carbocycles. The van der Waals surface area contributed by atoms with Crippen LogP contribution in [0, 0.1) is 5.92 Å². The maximum absolute atomic E-state index is 12.8. The van der Waals surface area contributed by atoms with E-state index in [1.807, 2.05) is 32.0 Å². The van der Waals surface area contributed by atoms with Crippen molar-refractivity contribution < 1.29 is 9.53 Å². The van der Waals surface area contributed by atoms with Crippen molar-refractivity contribution in [1.29, 1.82) is 0 Å². The number of fused-ring (bicyclic) bond motifs is 2. The summed E-state index contributed by atoms with van der Waals surface area (Å²) in [5.74, 6) is 1.40. The molecule has 7 nitrogen and oxygen atoms in total. The number of rotatable bonds is 3. The SMILES string of the molecule is CC(C)(NC(=O)[C@@H]1C[C@]12CCOc1ccccc12)c1nn[nH]n1. The van der Waals surface area contributed by atoms with E-state index in [9.17, 15) is 4.79 Å². The molecule has 2 aromatic rings. The molecule has 1 aliphatic heterocycles. The fraction of sp³-hybridized carbons (Fsp3) is 0.500. The maximum atomic E-state index is 12.8. The summed E-state index contributed by atoms with van der Waals surface area (Å²) in [4.78, 5) is 12.8. The Hall–Kier alpha value is -2.44. The molecule has 23 heavy (non-hydrogen) atoms. The summed E-state index contributed by atoms with van der Waals surface area (Å²) in [6.07, 6.45) is 1.74. The topological polar surface area (TPSA) is 92.8 Å². The lowest BCUT2D eigenvalue weighted by Crippen LogP contribution is -2.44. The van der Waals surface area contributed by atoms with Gasteiger partial charge in [-0.2, -0.15) is 5.21 Å². The first-order valence-electron chi connectivity index (χ1n) is 7.81. The molecule has 2 atom stereocenters. The molecule has 1 aromatic carbocycles. The van der Waals surface area contributed by atoms with Gasteiger partial charge in [0.05, 0.1) is 12.1 Å². The van der Waals surface area contributed by atoms with Crippen LogP contribution in [-0.2, 0) is 15.7 Å². The van der Waals surface area contributed by atoms with Crippen LogP contribution in [0.5, 0.6) is 5.75 Å². The van der Waals surface area contributed by atoms with Crippen LogP contribution in [0.2, 0.25) is 0 Å². The van der Waals surface area contributed by atoms with Gasteiger partial charge in [0.25, 0.3) is 0 Å². The van der Waals surface area contributed by atoms with Gasteiger partial charge in [0, 0.05) is 16.9 Å². The summed E-state index contributed by atoms with van der Waals surface area (Å²) in [5.41, 5.74) is 0.425. The highest BCUT2D eigenvalue weighted by Gasteiger charge is 2.61. The first-order valence-corrected chi connectivity index (χ1v) is 7.81. The second kappa shape index (κ2) is 4.78. The summed E-state index contributed by atoms with van der Waals surface area (Å²) < 4.78 is 5.72. The number of carbonyl (C=O) groups excluding carboxylic acids is 1. The molecule has 120 valence electrons. The van der Waals surface area contributed by atoms with Gasteiger partial charge in [0.1, 0.15) is 5.75 Å². The van der Waals surface area contributed by atoms with E-state index < -0.39 is 5.54 Å². The van der Waals surface area contributed by atoms with Gasteiger partial charge in [-0.15, -0.1) is 10.2 Å². The Morgan fingerprint density at radius 3 is 3.04 bits per heavy atom. The number of amides is 1. The number of aromatic amines is 1. The minimum atomic E-state index is -0.654. The van der Waals surface area contributed by atoms with Crippen molar-refractivity contribution in [2.75, 3.05) is 6.61 Å². The Morgan fingerprint density at radius 2 is 2.26 bits per heavy atom. The first kappa shape index (κ1) is 14.2. The van der Waals surface area contributed by atoms with Gasteiger partial charge >= 0.3 is 0 Å². The van der Waals surface area contributed by atoms with Crippen molar-refractivity contribution in [3.63, 3.8) is 0 Å². The average Bonchev–Trinajstić information content (AvgIpc) is 2.98. The number of benzene rings is 1. The Labute approximate surface area is 133 Å². The largest absolute Gasteiger partial charge is 0.493 e. The number of hydrogen-bond donors (Lipinski definition) is 2. The number of para-hydroxylation sites is 1. The van der Waals surface area contributed by atoms with Crippen LogP contribution in [0.4, 0.5) is 0 Å². The molecule has 1 amide bonds. The molecule has 0 radical (unpaired) electrons. The van der Waals surface area contributed by atoms with Crippen molar-refractivity contribution in [2.24, 2.45) is 5.92 Å². The normalized spacial score (nSPS) is 25.6. The highest BCUT2D eigenvalue weighted by atomic mass is 16.5. The van der Waals surface area contributed by atoms with E-state index in [0.717, 1.165) is 24.2 Å². The van der Waals surface area contributed by atoms with Crippen LogP contribution in [-0.4, -0.2) is 33.1 Å². The number of nitrogens with one attached hydrogen (secondary N) is 2. The Balaban J connectivity index is 1.55. The lowest BCUT2D eigenvalue weighted by Gasteiger charge is -2.28. The fourth-order valence-corrected chi connectivity index (χ4v) is 3.58. The Bertz CT molecular complexity index is 743. The van der Waals surface area contributed by atoms with Gasteiger partial charge in [0.15, 0.2) is 5.82 Å². The van der Waals surface area contributed by atoms with Gasteiger partial charge in [-0.05, 0) is 32.8 Å². The van der Waals surface area contributed by atoms with Gasteiger partial charge < -0.3 is 10.1 Å². The lowest BCUT2D eigenvalue weighted by molar-refractivity contribution is -0.124. The number of nitrogens with zero attached hydrogens (tertiary/aromatic N) is 3. The van der Waals surface area contributed by atoms with Crippen molar-refractivity contribution in [2.45, 2.75) is 37.6 Å². The Morgan fingerprint density at radius 1 is 1.43 bits per heavy atom. The minimum absolute atomic E-state index is 0.0290. The molecule has 1 aliphatic carbocycles. The zero-order valence-electron chi connectivity index (χ0n) is 13.2. The number of carbonyl (C=O) groups is 1. The third-order valence-corrected chi connectivity index (χ3v) is 4.96. The van der Waals surface area contributed by atoms with E-state index in [1.165, 1.54) is 0 Å². The fourth-order valence-electron chi connectivity index (χ4n) is 3.58. The molecule has 1 fully saturated rings. The molecule has 2 N–H and O–H groups in total. The third kappa shape index (κ3) is 2.18. The van der Waals surface area contributed by atoms with Crippen molar-refractivity contribution in [3.8, 4) is 5.75 Å². The zero-order valence-corrected chi connectivity index (χ0v) is 13.2. The molecule has 4 rings (SSSR count). The van der Waals surface area contributed by atoms with E-state index >= 15 is 0 Å². The highest BCUT2D eigenvalue weighted by molar-refractivity contribution is 5.85. The molecular formula is C16H19N5O2. The number of ether oxygens (including phenoxy) is 1. The lowest BCUT2D eigenvalue weighted by atomic mass is 9.87. The molecule has 0 saturated heterocycles. The summed E-state index contributed by atoms with van der Waals surface area (Å²) >= 11 is 0. The van der Waals surface area contributed by atoms with Crippen LogP contribution in [0.15, 0.2) is 24.3 Å². The highest BCUT2D eigenvalue weighted by Crippen LogP contribution is 2.60. The Kier molecular flexibility index (Phi) is 2.94. The van der Waals surface area contributed by atoms with E-state index in [0.29, 0.717) is 12.4 Å². The van der Waals surface area contributed by atoms with Gasteiger partial charge in [-0.3, -0.25) is 4.79 Å². The van der Waals surface area contributed by atoms with Crippen LogP contribution in [0.1, 0.15) is 38.1 Å². The summed E-state index contributed by atoms with van der Waals surface area (Å²) in [5, 5.41) is 17.0. The number of H-pyrrole nitrogens is 1. The number of aromatic nitrogens is 4. The summed E-state index contributed by atoms with van der Waals surface area (Å²) in [6, 6.07) is 8.03. The second-order valence-electron chi connectivity index (χ2n) is 6.86. The van der Waals surface area contributed by atoms with E-state index in [1.54, 1.807) is 0 Å². The standard InChI is InChI=1S/C16H19N5O2/c1-15(2,14-18-20-21-19-14)17-13(22)11-9-16(11)7-8-23-12-6-4-3-5-10(12)16/h3-6,11H,7-9H2,1-2H3,(H,17,22)(H,18,19,20,21)/t11-,16-/m0/s1. The van der Waals surface area contributed by atoms with E-state index in [2.05, 4.69) is 32.0 Å². The van der Waals surface area contributed by atoms with Crippen LogP contribution in [0.3, 0.4) is 0 Å². The molecule has 0 unspecified atom stereocenters. The zero-order chi connectivity index (χ0) is 16.1. The average molecular weight is 313 g/mol. The van der Waals surface area contributed by atoms with Crippen LogP contribution >= 0.6 is 0 Å². The summed E-state index contributed by atoms with van der Waals surface area (Å²) in [6.45, 7) is 4.42. The van der Waals surface area contributed by atoms with Gasteiger partial charge in [0.2, 0.25) is 5.91 Å².